The predicted octanol–water partition coefficient (Wildman–Crippen LogP) is 2.97. The average molecular weight is 260 g/mol. The summed E-state index contributed by atoms with van der Waals surface area (Å²) in [6.45, 7) is 5.18. The van der Waals surface area contributed by atoms with Crippen molar-refractivity contribution >= 4 is 11.6 Å². The molecule has 1 aromatic carbocycles. The first-order valence-corrected chi connectivity index (χ1v) is 6.15. The predicted molar refractivity (Wildman–Crippen MR) is 69.6 cm³/mol. The smallest absolute Gasteiger partial charge is 0.160 e. The van der Waals surface area contributed by atoms with Crippen LogP contribution < -0.4 is 0 Å². The molecule has 2 rings (SSSR count). The first kappa shape index (κ1) is 12.9. The van der Waals surface area contributed by atoms with Crippen molar-refractivity contribution in [2.75, 3.05) is 6.54 Å². The topological polar surface area (TPSA) is 50.6 Å². The normalized spacial score (nSPS) is 26.2. The van der Waals surface area contributed by atoms with Crippen LogP contribution in [0.25, 0.3) is 0 Å². The second-order valence-corrected chi connectivity index (χ2v) is 5.54. The maximum Gasteiger partial charge on any atom is 0.160 e. The zero-order valence-electron chi connectivity index (χ0n) is 10.4. The Morgan fingerprint density at radius 2 is 1.89 bits per heavy atom. The number of benzene rings is 1. The van der Waals surface area contributed by atoms with E-state index < -0.39 is 5.41 Å². The van der Waals surface area contributed by atoms with Gasteiger partial charge in [0.05, 0.1) is 17.7 Å². The van der Waals surface area contributed by atoms with Crippen LogP contribution in [0.3, 0.4) is 0 Å². The van der Waals surface area contributed by atoms with Crippen molar-refractivity contribution in [1.29, 1.82) is 10.5 Å². The molecule has 92 valence electrons. The van der Waals surface area contributed by atoms with Crippen LogP contribution in [0.4, 0.5) is 0 Å². The molecule has 0 radical (unpaired) electrons. The SMILES string of the molecule is CC(C#N)(C#N)C1(C)CN1Cc1ccc(Cl)cc1. The van der Waals surface area contributed by atoms with E-state index in [1.807, 2.05) is 31.2 Å². The molecule has 1 aliphatic rings. The van der Waals surface area contributed by atoms with Gasteiger partial charge in [-0.25, -0.2) is 0 Å². The Labute approximate surface area is 112 Å². The van der Waals surface area contributed by atoms with Crippen molar-refractivity contribution in [2.24, 2.45) is 5.41 Å². The van der Waals surface area contributed by atoms with Crippen LogP contribution in [-0.2, 0) is 6.54 Å². The van der Waals surface area contributed by atoms with Gasteiger partial charge in [-0.2, -0.15) is 10.5 Å². The van der Waals surface area contributed by atoms with E-state index in [-0.39, 0.29) is 5.54 Å². The van der Waals surface area contributed by atoms with Crippen LogP contribution in [0.2, 0.25) is 5.02 Å². The number of halogens is 1. The fourth-order valence-electron chi connectivity index (χ4n) is 2.12. The summed E-state index contributed by atoms with van der Waals surface area (Å²) in [6, 6.07) is 11.9. The molecule has 0 saturated carbocycles. The van der Waals surface area contributed by atoms with Gasteiger partial charge >= 0.3 is 0 Å². The molecule has 18 heavy (non-hydrogen) atoms. The molecule has 0 aliphatic carbocycles. The maximum atomic E-state index is 9.16. The highest BCUT2D eigenvalue weighted by molar-refractivity contribution is 6.30. The Kier molecular flexibility index (Phi) is 3.07. The fraction of sp³-hybridized carbons (Fsp3) is 0.429. The summed E-state index contributed by atoms with van der Waals surface area (Å²) in [5, 5.41) is 19.0. The van der Waals surface area contributed by atoms with Gasteiger partial charge in [0.2, 0.25) is 0 Å². The maximum absolute atomic E-state index is 9.16. The first-order valence-electron chi connectivity index (χ1n) is 5.77. The fourth-order valence-corrected chi connectivity index (χ4v) is 2.24. The van der Waals surface area contributed by atoms with Crippen LogP contribution in [-0.4, -0.2) is 17.0 Å². The highest BCUT2D eigenvalue weighted by Crippen LogP contribution is 2.47. The molecule has 2 atom stereocenters. The van der Waals surface area contributed by atoms with Gasteiger partial charge in [-0.15, -0.1) is 0 Å². The highest BCUT2D eigenvalue weighted by Gasteiger charge is 2.60. The van der Waals surface area contributed by atoms with E-state index in [9.17, 15) is 0 Å². The molecule has 1 aliphatic heterocycles. The molecule has 1 aromatic rings. The average Bonchev–Trinajstić information content (AvgIpc) is 3.03. The summed E-state index contributed by atoms with van der Waals surface area (Å²) in [7, 11) is 0. The Balaban J connectivity index is 2.10. The van der Waals surface area contributed by atoms with Gasteiger partial charge in [-0.05, 0) is 31.5 Å². The van der Waals surface area contributed by atoms with E-state index in [4.69, 9.17) is 22.1 Å². The molecule has 1 heterocycles. The minimum atomic E-state index is -0.959. The molecule has 1 saturated heterocycles. The molecule has 2 unspecified atom stereocenters. The van der Waals surface area contributed by atoms with Gasteiger partial charge in [0.1, 0.15) is 0 Å². The molecule has 0 bridgehead atoms. The summed E-state index contributed by atoms with van der Waals surface area (Å²) in [4.78, 5) is 2.14. The van der Waals surface area contributed by atoms with Crippen molar-refractivity contribution in [1.82, 2.24) is 4.90 Å². The Morgan fingerprint density at radius 1 is 1.33 bits per heavy atom. The van der Waals surface area contributed by atoms with E-state index in [1.54, 1.807) is 6.92 Å². The molecule has 0 amide bonds. The van der Waals surface area contributed by atoms with Crippen molar-refractivity contribution in [2.45, 2.75) is 25.9 Å². The first-order chi connectivity index (χ1) is 8.45. The molecule has 0 N–H and O–H groups in total. The molecular formula is C14H14ClN3. The van der Waals surface area contributed by atoms with Crippen molar-refractivity contribution in [3.63, 3.8) is 0 Å². The van der Waals surface area contributed by atoms with E-state index in [2.05, 4.69) is 17.0 Å². The van der Waals surface area contributed by atoms with Crippen molar-refractivity contribution in [3.05, 3.63) is 34.9 Å². The van der Waals surface area contributed by atoms with E-state index in [1.165, 1.54) is 0 Å². The Bertz CT molecular complexity index is 524. The summed E-state index contributed by atoms with van der Waals surface area (Å²) in [5.41, 5.74) is -0.170. The highest BCUT2D eigenvalue weighted by atomic mass is 35.5. The van der Waals surface area contributed by atoms with Crippen molar-refractivity contribution < 1.29 is 0 Å². The van der Waals surface area contributed by atoms with Crippen LogP contribution in [0.5, 0.6) is 0 Å². The quantitative estimate of drug-likeness (QED) is 0.784. The van der Waals surface area contributed by atoms with Crippen LogP contribution >= 0.6 is 11.6 Å². The molecule has 1 fully saturated rings. The second kappa shape index (κ2) is 4.28. The van der Waals surface area contributed by atoms with E-state index in [0.29, 0.717) is 5.02 Å². The number of nitrogens with zero attached hydrogens (tertiary/aromatic N) is 3. The zero-order valence-corrected chi connectivity index (χ0v) is 11.2. The van der Waals surface area contributed by atoms with Gasteiger partial charge in [0.15, 0.2) is 5.41 Å². The van der Waals surface area contributed by atoms with E-state index >= 15 is 0 Å². The number of hydrogen-bond donors (Lipinski definition) is 0. The van der Waals surface area contributed by atoms with Gasteiger partial charge in [-0.3, -0.25) is 4.90 Å². The monoisotopic (exact) mass is 259 g/mol. The lowest BCUT2D eigenvalue weighted by Gasteiger charge is -2.22. The lowest BCUT2D eigenvalue weighted by Crippen LogP contribution is -2.34. The number of hydrogen-bond acceptors (Lipinski definition) is 3. The summed E-state index contributed by atoms with van der Waals surface area (Å²) in [6.07, 6.45) is 0. The second-order valence-electron chi connectivity index (χ2n) is 5.10. The lowest BCUT2D eigenvalue weighted by atomic mass is 9.80. The Morgan fingerprint density at radius 3 is 2.39 bits per heavy atom. The minimum Gasteiger partial charge on any atom is -0.288 e. The summed E-state index contributed by atoms with van der Waals surface area (Å²) in [5.74, 6) is 0. The molecule has 0 spiro atoms. The third-order valence-electron chi connectivity index (χ3n) is 3.90. The third kappa shape index (κ3) is 1.97. The van der Waals surface area contributed by atoms with Gasteiger partial charge < -0.3 is 0 Å². The minimum absolute atomic E-state index is 0.351. The van der Waals surface area contributed by atoms with Crippen molar-refractivity contribution in [3.8, 4) is 12.1 Å². The number of rotatable bonds is 3. The zero-order chi connectivity index (χ0) is 13.4. The van der Waals surface area contributed by atoms with Crippen LogP contribution in [0.15, 0.2) is 24.3 Å². The standard InChI is InChI=1S/C14H14ClN3/c1-13(8-16,9-17)14(2)10-18(14)7-11-3-5-12(15)6-4-11/h3-6H,7,10H2,1-2H3. The molecular weight excluding hydrogens is 246 g/mol. The third-order valence-corrected chi connectivity index (χ3v) is 4.16. The summed E-state index contributed by atoms with van der Waals surface area (Å²) >= 11 is 5.84. The summed E-state index contributed by atoms with van der Waals surface area (Å²) < 4.78 is 0. The molecule has 4 heteroatoms. The lowest BCUT2D eigenvalue weighted by molar-refractivity contribution is 0.312. The largest absolute Gasteiger partial charge is 0.288 e. The van der Waals surface area contributed by atoms with E-state index in [0.717, 1.165) is 18.7 Å². The van der Waals surface area contributed by atoms with Gasteiger partial charge in [0.25, 0.3) is 0 Å². The van der Waals surface area contributed by atoms with Crippen LogP contribution in [0, 0.1) is 28.1 Å². The Hall–Kier alpha value is -1.55. The molecule has 3 nitrogen and oxygen atoms in total. The van der Waals surface area contributed by atoms with Gasteiger partial charge in [0, 0.05) is 18.1 Å². The van der Waals surface area contributed by atoms with Gasteiger partial charge in [-0.1, -0.05) is 23.7 Å². The number of nitriles is 2. The van der Waals surface area contributed by atoms with Crippen LogP contribution in [0.1, 0.15) is 19.4 Å². The molecule has 0 aromatic heterocycles.